The lowest BCUT2D eigenvalue weighted by atomic mass is 9.89. The van der Waals surface area contributed by atoms with Crippen LogP contribution in [0, 0.1) is 24.7 Å². The number of benzene rings is 1. The standard InChI is InChI=1S/C22H29ClN4O3.C3H8O.C2H6.C2H2/c1-21(2)10-17(28)27(20(24)26-21)11-12-8-14(12)19(29)25-16-9-22(3,4)30-18-13(16)6-5-7-15(18)23;1-3-4-2;2*1-2/h5-7,12,14,16H,8-11H2,1-4H3,(H2,24,26)(H,25,29);3H2,1-2H3;1-2H3;1-2H/t12-,14?,16?;;;/m1.../s1. The summed E-state index contributed by atoms with van der Waals surface area (Å²) in [6.45, 7) is 15.0. The number of nitrogens with zero attached hydrogens (tertiary/aromatic N) is 2. The highest BCUT2D eigenvalue weighted by atomic mass is 35.5. The van der Waals surface area contributed by atoms with Crippen LogP contribution in [-0.2, 0) is 14.3 Å². The first-order chi connectivity index (χ1) is 17.9. The van der Waals surface area contributed by atoms with E-state index >= 15 is 0 Å². The maximum absolute atomic E-state index is 12.9. The Hall–Kier alpha value is -2.76. The number of nitrogens with one attached hydrogen (secondary N) is 1. The topological polar surface area (TPSA) is 106 Å². The van der Waals surface area contributed by atoms with Crippen molar-refractivity contribution in [2.75, 3.05) is 20.3 Å². The molecule has 0 aromatic heterocycles. The minimum absolute atomic E-state index is 0.00563. The van der Waals surface area contributed by atoms with Crippen molar-refractivity contribution in [1.82, 2.24) is 10.2 Å². The van der Waals surface area contributed by atoms with E-state index in [1.807, 2.05) is 60.6 Å². The molecule has 1 aromatic rings. The molecule has 3 atom stereocenters. The predicted molar refractivity (Wildman–Crippen MR) is 154 cm³/mol. The summed E-state index contributed by atoms with van der Waals surface area (Å²) in [5.41, 5.74) is 6.01. The molecule has 8 nitrogen and oxygen atoms in total. The SMILES string of the molecule is C#C.CC.CC1(C)CC(=O)N(C[C@H]2CC2C(=O)NC2CC(C)(C)Oc3c(Cl)cccc32)C(N)=N1.CCOC. The number of aliphatic imine (C=N–C) groups is 1. The number of fused-ring (bicyclic) bond motifs is 1. The zero-order valence-electron chi connectivity index (χ0n) is 24.1. The van der Waals surface area contributed by atoms with Gasteiger partial charge in [-0.3, -0.25) is 14.5 Å². The van der Waals surface area contributed by atoms with Gasteiger partial charge in [-0.25, -0.2) is 4.99 Å². The Morgan fingerprint density at radius 1 is 1.29 bits per heavy atom. The third kappa shape index (κ3) is 8.92. The average Bonchev–Trinajstić information content (AvgIpc) is 3.63. The maximum Gasteiger partial charge on any atom is 0.231 e. The zero-order chi connectivity index (χ0) is 29.3. The van der Waals surface area contributed by atoms with Crippen molar-refractivity contribution in [3.05, 3.63) is 28.8 Å². The number of halogens is 1. The predicted octanol–water partition coefficient (Wildman–Crippen LogP) is 4.95. The second-order valence-electron chi connectivity index (χ2n) is 10.4. The van der Waals surface area contributed by atoms with Crippen LogP contribution in [0.25, 0.3) is 0 Å². The molecular formula is C29H45ClN4O4. The lowest BCUT2D eigenvalue weighted by molar-refractivity contribution is -0.130. The van der Waals surface area contributed by atoms with Crippen molar-refractivity contribution >= 4 is 29.4 Å². The molecule has 1 aliphatic carbocycles. The van der Waals surface area contributed by atoms with Crippen molar-refractivity contribution in [3.63, 3.8) is 0 Å². The highest BCUT2D eigenvalue weighted by molar-refractivity contribution is 6.32. The van der Waals surface area contributed by atoms with Crippen LogP contribution in [-0.4, -0.2) is 54.1 Å². The summed E-state index contributed by atoms with van der Waals surface area (Å²) in [6.07, 6.45) is 9.72. The zero-order valence-corrected chi connectivity index (χ0v) is 24.9. The highest BCUT2D eigenvalue weighted by Gasteiger charge is 2.47. The van der Waals surface area contributed by atoms with E-state index < -0.39 is 11.1 Å². The fourth-order valence-electron chi connectivity index (χ4n) is 4.44. The molecule has 2 amide bonds. The van der Waals surface area contributed by atoms with Gasteiger partial charge in [0, 0.05) is 38.2 Å². The van der Waals surface area contributed by atoms with Gasteiger partial charge >= 0.3 is 0 Å². The molecule has 1 aromatic carbocycles. The Balaban J connectivity index is 0.000000811. The number of carbonyl (C=O) groups is 2. The van der Waals surface area contributed by atoms with Gasteiger partial charge in [0.1, 0.15) is 11.4 Å². The van der Waals surface area contributed by atoms with Crippen LogP contribution in [0.15, 0.2) is 23.2 Å². The lowest BCUT2D eigenvalue weighted by Gasteiger charge is -2.38. The van der Waals surface area contributed by atoms with E-state index in [0.717, 1.165) is 18.6 Å². The van der Waals surface area contributed by atoms with Crippen LogP contribution < -0.4 is 15.8 Å². The summed E-state index contributed by atoms with van der Waals surface area (Å²) in [5.74, 6) is 0.808. The number of hydrogen-bond acceptors (Lipinski definition) is 6. The second kappa shape index (κ2) is 14.4. The Labute approximate surface area is 233 Å². The minimum atomic E-state index is -0.470. The summed E-state index contributed by atoms with van der Waals surface area (Å²) in [5, 5.41) is 3.73. The van der Waals surface area contributed by atoms with Gasteiger partial charge in [0.2, 0.25) is 11.8 Å². The third-order valence-corrected chi connectivity index (χ3v) is 6.60. The van der Waals surface area contributed by atoms with Crippen LogP contribution in [0.3, 0.4) is 0 Å². The summed E-state index contributed by atoms with van der Waals surface area (Å²) in [6, 6.07) is 5.44. The molecule has 2 heterocycles. The van der Waals surface area contributed by atoms with Crippen molar-refractivity contribution in [1.29, 1.82) is 0 Å². The van der Waals surface area contributed by atoms with Crippen LogP contribution in [0.5, 0.6) is 5.75 Å². The number of hydrogen-bond donors (Lipinski definition) is 2. The van der Waals surface area contributed by atoms with E-state index in [9.17, 15) is 9.59 Å². The number of amides is 2. The van der Waals surface area contributed by atoms with Gasteiger partial charge in [-0.15, -0.1) is 12.8 Å². The smallest absolute Gasteiger partial charge is 0.231 e. The van der Waals surface area contributed by atoms with Crippen LogP contribution in [0.1, 0.15) is 79.3 Å². The largest absolute Gasteiger partial charge is 0.486 e. The van der Waals surface area contributed by atoms with E-state index in [4.69, 9.17) is 22.1 Å². The minimum Gasteiger partial charge on any atom is -0.486 e. The Morgan fingerprint density at radius 2 is 1.89 bits per heavy atom. The Kier molecular flexibility index (Phi) is 12.6. The molecule has 1 saturated carbocycles. The molecule has 2 unspecified atom stereocenters. The fraction of sp³-hybridized carbons (Fsp3) is 0.621. The van der Waals surface area contributed by atoms with E-state index in [1.165, 1.54) is 4.90 Å². The van der Waals surface area contributed by atoms with E-state index in [0.29, 0.717) is 30.2 Å². The molecule has 212 valence electrons. The van der Waals surface area contributed by atoms with Gasteiger partial charge in [0.15, 0.2) is 5.96 Å². The molecule has 38 heavy (non-hydrogen) atoms. The first kappa shape index (κ1) is 33.3. The van der Waals surface area contributed by atoms with E-state index in [1.54, 1.807) is 13.2 Å². The Morgan fingerprint density at radius 3 is 2.45 bits per heavy atom. The van der Waals surface area contributed by atoms with Crippen molar-refractivity contribution < 1.29 is 19.1 Å². The van der Waals surface area contributed by atoms with E-state index in [-0.39, 0.29) is 35.7 Å². The first-order valence-corrected chi connectivity index (χ1v) is 13.5. The maximum atomic E-state index is 12.9. The monoisotopic (exact) mass is 548 g/mol. The normalized spacial score (nSPS) is 23.8. The van der Waals surface area contributed by atoms with Gasteiger partial charge in [0.05, 0.1) is 23.0 Å². The van der Waals surface area contributed by atoms with Crippen molar-refractivity contribution in [2.24, 2.45) is 22.6 Å². The number of para-hydroxylation sites is 1. The van der Waals surface area contributed by atoms with Gasteiger partial charge in [-0.1, -0.05) is 37.6 Å². The Bertz CT molecular complexity index is 1000. The number of guanidine groups is 1. The molecule has 9 heteroatoms. The van der Waals surface area contributed by atoms with Crippen LogP contribution in [0.4, 0.5) is 0 Å². The average molecular weight is 549 g/mol. The van der Waals surface area contributed by atoms with Gasteiger partial charge in [0.25, 0.3) is 0 Å². The lowest BCUT2D eigenvalue weighted by Crippen LogP contribution is -2.50. The van der Waals surface area contributed by atoms with Gasteiger partial charge < -0.3 is 20.5 Å². The summed E-state index contributed by atoms with van der Waals surface area (Å²) >= 11 is 6.33. The summed E-state index contributed by atoms with van der Waals surface area (Å²) < 4.78 is 10.6. The highest BCUT2D eigenvalue weighted by Crippen LogP contribution is 2.45. The molecule has 2 aliphatic heterocycles. The van der Waals surface area contributed by atoms with Gasteiger partial charge in [-0.2, -0.15) is 0 Å². The number of methoxy groups -OCH3 is 1. The quantitative estimate of drug-likeness (QED) is 0.506. The molecule has 3 aliphatic rings. The second-order valence-corrected chi connectivity index (χ2v) is 10.8. The number of rotatable bonds is 5. The van der Waals surface area contributed by atoms with Crippen LogP contribution >= 0.6 is 11.6 Å². The number of carbonyl (C=O) groups excluding carboxylic acids is 2. The van der Waals surface area contributed by atoms with Gasteiger partial charge in [-0.05, 0) is 53.0 Å². The number of terminal acetylenes is 1. The fourth-order valence-corrected chi connectivity index (χ4v) is 4.66. The van der Waals surface area contributed by atoms with Crippen LogP contribution in [0.2, 0.25) is 5.02 Å². The van der Waals surface area contributed by atoms with Crippen molar-refractivity contribution in [3.8, 4) is 18.6 Å². The van der Waals surface area contributed by atoms with Crippen molar-refractivity contribution in [2.45, 2.75) is 84.9 Å². The molecule has 4 rings (SSSR count). The molecular weight excluding hydrogens is 504 g/mol. The first-order valence-electron chi connectivity index (χ1n) is 13.1. The molecule has 0 spiro atoms. The summed E-state index contributed by atoms with van der Waals surface area (Å²) in [4.78, 5) is 31.3. The number of nitrogens with two attached hydrogens (primary N) is 1. The van der Waals surface area contributed by atoms with E-state index in [2.05, 4.69) is 27.9 Å². The molecule has 0 radical (unpaired) electrons. The molecule has 3 N–H and O–H groups in total. The number of ether oxygens (including phenoxy) is 2. The molecule has 0 saturated heterocycles. The molecule has 1 fully saturated rings. The molecule has 0 bridgehead atoms. The third-order valence-electron chi connectivity index (χ3n) is 6.31. The summed E-state index contributed by atoms with van der Waals surface area (Å²) in [7, 11) is 1.68.